The summed E-state index contributed by atoms with van der Waals surface area (Å²) in [6.45, 7) is 9.46. The second-order valence-corrected chi connectivity index (χ2v) is 15.9. The third-order valence-electron chi connectivity index (χ3n) is 6.08. The highest BCUT2D eigenvalue weighted by Gasteiger charge is 2.53. The van der Waals surface area contributed by atoms with Gasteiger partial charge in [-0.05, 0) is 11.6 Å². The third-order valence-corrected chi connectivity index (χ3v) is 7.78. The maximum absolute atomic E-state index is 12.2. The Labute approximate surface area is 208 Å². The molecule has 2 fully saturated rings. The van der Waals surface area contributed by atoms with Crippen molar-refractivity contribution in [3.63, 3.8) is 0 Å². The summed E-state index contributed by atoms with van der Waals surface area (Å²) < 4.78 is 37.0. The van der Waals surface area contributed by atoms with Gasteiger partial charge in [-0.3, -0.25) is 4.79 Å². The average Bonchev–Trinajstić information content (AvgIpc) is 2.83. The van der Waals surface area contributed by atoms with Crippen LogP contribution in [0.5, 0.6) is 0 Å². The molecule has 0 amide bonds. The molecule has 35 heavy (non-hydrogen) atoms. The first-order chi connectivity index (χ1) is 16.8. The van der Waals surface area contributed by atoms with Gasteiger partial charge in [-0.2, -0.15) is 0 Å². The lowest BCUT2D eigenvalue weighted by molar-refractivity contribution is -0.366. The van der Waals surface area contributed by atoms with Crippen LogP contribution in [0.2, 0.25) is 25.7 Å². The van der Waals surface area contributed by atoms with Crippen LogP contribution in [0.3, 0.4) is 0 Å². The predicted octanol–water partition coefficient (Wildman–Crippen LogP) is 4.70. The molecular formula is C27H36O7Si. The van der Waals surface area contributed by atoms with Crippen molar-refractivity contribution in [1.82, 2.24) is 0 Å². The number of esters is 1. The number of ether oxygens (including phenoxy) is 6. The predicted molar refractivity (Wildman–Crippen MR) is 133 cm³/mol. The van der Waals surface area contributed by atoms with Gasteiger partial charge in [0.15, 0.2) is 18.7 Å². The molecule has 190 valence electrons. The number of fused-ring (bicyclic) bond motifs is 1. The molecule has 2 aromatic carbocycles. The lowest BCUT2D eigenvalue weighted by Crippen LogP contribution is -2.64. The minimum atomic E-state index is -1.32. The number of benzene rings is 2. The molecule has 2 aliphatic rings. The first kappa shape index (κ1) is 26.0. The number of carbonyl (C=O) groups is 1. The van der Waals surface area contributed by atoms with Gasteiger partial charge in [-0.1, -0.05) is 80.3 Å². The molecule has 8 heteroatoms. The fourth-order valence-electron chi connectivity index (χ4n) is 4.21. The monoisotopic (exact) mass is 500 g/mol. The van der Waals surface area contributed by atoms with E-state index in [1.807, 2.05) is 60.7 Å². The molecule has 0 radical (unpaired) electrons. The van der Waals surface area contributed by atoms with E-state index in [1.165, 1.54) is 6.92 Å². The molecule has 0 aliphatic carbocycles. The van der Waals surface area contributed by atoms with Crippen LogP contribution in [-0.4, -0.2) is 58.0 Å². The Morgan fingerprint density at radius 1 is 0.943 bits per heavy atom. The summed E-state index contributed by atoms with van der Waals surface area (Å²) in [4.78, 5) is 12.2. The quantitative estimate of drug-likeness (QED) is 0.365. The van der Waals surface area contributed by atoms with Crippen LogP contribution in [0, 0.1) is 0 Å². The van der Waals surface area contributed by atoms with E-state index in [-0.39, 0.29) is 0 Å². The van der Waals surface area contributed by atoms with E-state index in [4.69, 9.17) is 28.4 Å². The zero-order chi connectivity index (χ0) is 24.8. The molecule has 7 nitrogen and oxygen atoms in total. The highest BCUT2D eigenvalue weighted by atomic mass is 28.3. The van der Waals surface area contributed by atoms with E-state index >= 15 is 0 Å². The van der Waals surface area contributed by atoms with Crippen molar-refractivity contribution in [2.45, 2.75) is 76.2 Å². The van der Waals surface area contributed by atoms with Gasteiger partial charge in [0, 0.05) is 27.2 Å². The molecule has 0 aromatic heterocycles. The summed E-state index contributed by atoms with van der Waals surface area (Å²) in [5.41, 5.74) is 1.90. The van der Waals surface area contributed by atoms with E-state index in [2.05, 4.69) is 19.6 Å². The molecule has 2 saturated heterocycles. The average molecular weight is 501 g/mol. The van der Waals surface area contributed by atoms with E-state index < -0.39 is 51.0 Å². The summed E-state index contributed by atoms with van der Waals surface area (Å²) in [5, 5.41) is 0. The van der Waals surface area contributed by atoms with Crippen molar-refractivity contribution in [3.05, 3.63) is 71.8 Å². The summed E-state index contributed by atoms with van der Waals surface area (Å²) in [5.74, 6) is -0.406. The molecule has 0 spiro atoms. The lowest BCUT2D eigenvalue weighted by atomic mass is 9.97. The van der Waals surface area contributed by atoms with Gasteiger partial charge in [-0.15, -0.1) is 0 Å². The first-order valence-electron chi connectivity index (χ1n) is 12.2. The van der Waals surface area contributed by atoms with E-state index in [0.717, 1.165) is 17.2 Å². The number of carbonyl (C=O) groups excluding carboxylic acids is 1. The smallest absolute Gasteiger partial charge is 0.303 e. The van der Waals surface area contributed by atoms with Crippen molar-refractivity contribution in [3.8, 4) is 0 Å². The van der Waals surface area contributed by atoms with Crippen molar-refractivity contribution >= 4 is 14.0 Å². The van der Waals surface area contributed by atoms with Crippen LogP contribution in [-0.2, 0) is 39.8 Å². The normalized spacial score (nSPS) is 28.8. The Kier molecular flexibility index (Phi) is 8.75. The van der Waals surface area contributed by atoms with Gasteiger partial charge >= 0.3 is 5.97 Å². The SMILES string of the molecule is CC(=O)O[C@H]1[C@H]2OC(c3ccccc3)OC[C@H]2O[C@@H](OCC[Si](C)(C)C)[C@@H]1OCc1ccccc1. The molecule has 2 aliphatic heterocycles. The maximum Gasteiger partial charge on any atom is 0.303 e. The van der Waals surface area contributed by atoms with E-state index in [9.17, 15) is 4.79 Å². The third kappa shape index (κ3) is 7.22. The van der Waals surface area contributed by atoms with Crippen LogP contribution in [0.4, 0.5) is 0 Å². The molecule has 0 saturated carbocycles. The van der Waals surface area contributed by atoms with E-state index in [0.29, 0.717) is 19.8 Å². The summed E-state index contributed by atoms with van der Waals surface area (Å²) in [6, 6.07) is 20.5. The molecule has 4 rings (SSSR count). The Bertz CT molecular complexity index is 934. The van der Waals surface area contributed by atoms with Gasteiger partial charge < -0.3 is 28.4 Å². The summed E-state index contributed by atoms with van der Waals surface area (Å²) in [7, 11) is -1.32. The van der Waals surface area contributed by atoms with Crippen molar-refractivity contribution in [2.75, 3.05) is 13.2 Å². The summed E-state index contributed by atoms with van der Waals surface area (Å²) in [6.07, 6.45) is -3.67. The van der Waals surface area contributed by atoms with Crippen LogP contribution >= 0.6 is 0 Å². The number of hydrogen-bond donors (Lipinski definition) is 0. The minimum absolute atomic E-state index is 0.293. The van der Waals surface area contributed by atoms with Crippen molar-refractivity contribution in [1.29, 1.82) is 0 Å². The molecular weight excluding hydrogens is 464 g/mol. The fourth-order valence-corrected chi connectivity index (χ4v) is 4.94. The van der Waals surface area contributed by atoms with Gasteiger partial charge in [0.1, 0.15) is 18.3 Å². The zero-order valence-corrected chi connectivity index (χ0v) is 21.9. The maximum atomic E-state index is 12.2. The second-order valence-electron chi connectivity index (χ2n) is 10.2. The van der Waals surface area contributed by atoms with Gasteiger partial charge in [0.05, 0.1) is 13.2 Å². The Hall–Kier alpha value is -2.07. The summed E-state index contributed by atoms with van der Waals surface area (Å²) >= 11 is 0. The molecule has 2 heterocycles. The number of hydrogen-bond acceptors (Lipinski definition) is 7. The molecule has 6 atom stereocenters. The van der Waals surface area contributed by atoms with Gasteiger partial charge in [0.2, 0.25) is 0 Å². The molecule has 0 N–H and O–H groups in total. The zero-order valence-electron chi connectivity index (χ0n) is 20.9. The van der Waals surface area contributed by atoms with Gasteiger partial charge in [0.25, 0.3) is 0 Å². The van der Waals surface area contributed by atoms with Crippen LogP contribution in [0.1, 0.15) is 24.3 Å². The largest absolute Gasteiger partial charge is 0.457 e. The minimum Gasteiger partial charge on any atom is -0.457 e. The second kappa shape index (κ2) is 11.8. The van der Waals surface area contributed by atoms with Crippen molar-refractivity contribution < 1.29 is 33.2 Å². The Morgan fingerprint density at radius 2 is 1.63 bits per heavy atom. The first-order valence-corrected chi connectivity index (χ1v) is 15.9. The standard InChI is InChI=1S/C27H36O7Si/c1-19(28)32-24-23-22(18-31-26(34-23)21-13-9-6-10-14-21)33-27(29-15-16-35(2,3)4)25(24)30-17-20-11-7-5-8-12-20/h5-14,22-27H,15-18H2,1-4H3/t22-,23+,24+,25-,26?,27-/m1/s1. The van der Waals surface area contributed by atoms with Crippen LogP contribution in [0.25, 0.3) is 0 Å². The van der Waals surface area contributed by atoms with Crippen molar-refractivity contribution in [2.24, 2.45) is 0 Å². The van der Waals surface area contributed by atoms with Crippen LogP contribution < -0.4 is 0 Å². The van der Waals surface area contributed by atoms with Gasteiger partial charge in [-0.25, -0.2) is 0 Å². The van der Waals surface area contributed by atoms with E-state index in [1.54, 1.807) is 0 Å². The van der Waals surface area contributed by atoms with Crippen LogP contribution in [0.15, 0.2) is 60.7 Å². The lowest BCUT2D eigenvalue weighted by Gasteiger charge is -2.48. The molecule has 2 aromatic rings. The molecule has 0 bridgehead atoms. The highest BCUT2D eigenvalue weighted by Crippen LogP contribution is 2.37. The Morgan fingerprint density at radius 3 is 2.29 bits per heavy atom. The highest BCUT2D eigenvalue weighted by molar-refractivity contribution is 6.76. The topological polar surface area (TPSA) is 72.5 Å². The fraction of sp³-hybridized carbons (Fsp3) is 0.519. The molecule has 1 unspecified atom stereocenters. The number of rotatable bonds is 9. The Balaban J connectivity index is 1.56.